The number of ether oxygens (including phenoxy) is 1. The van der Waals surface area contributed by atoms with Gasteiger partial charge in [-0.2, -0.15) is 0 Å². The lowest BCUT2D eigenvalue weighted by molar-refractivity contribution is -0.0705. The maximum absolute atomic E-state index is 5.91. The number of rotatable bonds is 5. The number of aliphatic imine (C=N–C) groups is 1. The predicted octanol–water partition coefficient (Wildman–Crippen LogP) is 2.40. The number of nitrogens with one attached hydrogen (secondary N) is 1. The van der Waals surface area contributed by atoms with Crippen LogP contribution in [0, 0.1) is 5.92 Å². The van der Waals surface area contributed by atoms with E-state index in [9.17, 15) is 0 Å². The third-order valence-electron chi connectivity index (χ3n) is 3.58. The van der Waals surface area contributed by atoms with Crippen molar-refractivity contribution < 1.29 is 4.74 Å². The molecule has 1 aliphatic heterocycles. The maximum Gasteiger partial charge on any atom is 0.188 e. The van der Waals surface area contributed by atoms with Crippen molar-refractivity contribution in [1.29, 1.82) is 0 Å². The monoisotopic (exact) mass is 295 g/mol. The largest absolute Gasteiger partial charge is 0.376 e. The number of nitrogens with zero attached hydrogens (tertiary/aromatic N) is 1. The molecule has 1 unspecified atom stereocenters. The molecule has 0 radical (unpaired) electrons. The Morgan fingerprint density at radius 3 is 3.15 bits per heavy atom. The Morgan fingerprint density at radius 2 is 2.45 bits per heavy atom. The fraction of sp³-hybridized carbons (Fsp3) is 0.667. The molecule has 1 aromatic rings. The van der Waals surface area contributed by atoms with E-state index in [0.29, 0.717) is 11.9 Å². The maximum atomic E-state index is 5.91. The summed E-state index contributed by atoms with van der Waals surface area (Å²) in [5.41, 5.74) is 5.89. The molecule has 20 heavy (non-hydrogen) atoms. The Hall–Kier alpha value is -1.07. The summed E-state index contributed by atoms with van der Waals surface area (Å²) < 4.78 is 5.71. The van der Waals surface area contributed by atoms with E-state index in [4.69, 9.17) is 10.5 Å². The lowest BCUT2D eigenvalue weighted by Crippen LogP contribution is -2.37. The summed E-state index contributed by atoms with van der Waals surface area (Å²) in [5.74, 6) is 1.14. The molecule has 5 heteroatoms. The zero-order chi connectivity index (χ0) is 14.4. The third kappa shape index (κ3) is 5.13. The van der Waals surface area contributed by atoms with Crippen LogP contribution in [0.4, 0.5) is 0 Å². The zero-order valence-electron chi connectivity index (χ0n) is 12.4. The molecule has 0 spiro atoms. The molecule has 0 aliphatic carbocycles. The standard InChI is InChI=1S/C15H25N3OS/c1-15(2)10-12(6-8-19-15)11-18-14(16)17-7-5-13-4-3-9-20-13/h3-4,9,12H,5-8,10-11H2,1-2H3,(H3,16,17,18). The van der Waals surface area contributed by atoms with Gasteiger partial charge in [0, 0.05) is 24.6 Å². The van der Waals surface area contributed by atoms with E-state index in [0.717, 1.165) is 39.0 Å². The van der Waals surface area contributed by atoms with Gasteiger partial charge in [0.2, 0.25) is 0 Å². The number of guanidine groups is 1. The van der Waals surface area contributed by atoms with Crippen LogP contribution in [-0.4, -0.2) is 31.3 Å². The van der Waals surface area contributed by atoms with Crippen LogP contribution in [0.1, 0.15) is 31.6 Å². The van der Waals surface area contributed by atoms with Gasteiger partial charge in [-0.25, -0.2) is 0 Å². The number of thiophene rings is 1. The number of nitrogens with two attached hydrogens (primary N) is 1. The van der Waals surface area contributed by atoms with E-state index in [1.54, 1.807) is 11.3 Å². The van der Waals surface area contributed by atoms with Crippen molar-refractivity contribution in [2.24, 2.45) is 16.6 Å². The average Bonchev–Trinajstić information content (AvgIpc) is 2.88. The highest BCUT2D eigenvalue weighted by atomic mass is 32.1. The van der Waals surface area contributed by atoms with Crippen molar-refractivity contribution in [3.8, 4) is 0 Å². The quantitative estimate of drug-likeness (QED) is 0.648. The van der Waals surface area contributed by atoms with E-state index < -0.39 is 0 Å². The summed E-state index contributed by atoms with van der Waals surface area (Å²) in [6.07, 6.45) is 3.13. The van der Waals surface area contributed by atoms with Crippen molar-refractivity contribution in [3.05, 3.63) is 22.4 Å². The Bertz CT molecular complexity index is 428. The van der Waals surface area contributed by atoms with Gasteiger partial charge in [0.15, 0.2) is 5.96 Å². The summed E-state index contributed by atoms with van der Waals surface area (Å²) in [5, 5.41) is 5.28. The molecular weight excluding hydrogens is 270 g/mol. The molecule has 1 fully saturated rings. The molecule has 4 nitrogen and oxygen atoms in total. The van der Waals surface area contributed by atoms with E-state index in [1.807, 2.05) is 0 Å². The predicted molar refractivity (Wildman–Crippen MR) is 85.3 cm³/mol. The molecule has 1 saturated heterocycles. The van der Waals surface area contributed by atoms with E-state index in [-0.39, 0.29) is 5.60 Å². The van der Waals surface area contributed by atoms with Crippen LogP contribution in [-0.2, 0) is 11.2 Å². The average molecular weight is 295 g/mol. The molecule has 112 valence electrons. The smallest absolute Gasteiger partial charge is 0.188 e. The van der Waals surface area contributed by atoms with Crippen molar-refractivity contribution in [2.45, 2.75) is 38.7 Å². The van der Waals surface area contributed by atoms with Crippen LogP contribution >= 0.6 is 11.3 Å². The second-order valence-electron chi connectivity index (χ2n) is 5.95. The molecule has 2 heterocycles. The van der Waals surface area contributed by atoms with Crippen LogP contribution in [0.5, 0.6) is 0 Å². The summed E-state index contributed by atoms with van der Waals surface area (Å²) in [7, 11) is 0. The summed E-state index contributed by atoms with van der Waals surface area (Å²) >= 11 is 1.78. The first kappa shape index (κ1) is 15.3. The first-order chi connectivity index (χ1) is 9.55. The van der Waals surface area contributed by atoms with Gasteiger partial charge in [-0.05, 0) is 50.5 Å². The third-order valence-corrected chi connectivity index (χ3v) is 4.51. The van der Waals surface area contributed by atoms with Gasteiger partial charge in [0.05, 0.1) is 5.60 Å². The molecule has 1 atom stereocenters. The first-order valence-corrected chi connectivity index (χ1v) is 8.13. The van der Waals surface area contributed by atoms with E-state index in [2.05, 4.69) is 41.7 Å². The van der Waals surface area contributed by atoms with Crippen molar-refractivity contribution >= 4 is 17.3 Å². The minimum absolute atomic E-state index is 0.0141. The molecule has 2 rings (SSSR count). The second-order valence-corrected chi connectivity index (χ2v) is 6.98. The van der Waals surface area contributed by atoms with Gasteiger partial charge in [0.1, 0.15) is 0 Å². The van der Waals surface area contributed by atoms with Crippen LogP contribution in [0.15, 0.2) is 22.5 Å². The second kappa shape index (κ2) is 7.09. The van der Waals surface area contributed by atoms with Crippen LogP contribution < -0.4 is 11.1 Å². The molecule has 0 saturated carbocycles. The van der Waals surface area contributed by atoms with Crippen LogP contribution in [0.25, 0.3) is 0 Å². The Labute approximate surface area is 125 Å². The summed E-state index contributed by atoms with van der Waals surface area (Å²) in [6, 6.07) is 4.22. The molecule has 1 aromatic heterocycles. The zero-order valence-corrected chi connectivity index (χ0v) is 13.2. The highest BCUT2D eigenvalue weighted by Crippen LogP contribution is 2.28. The molecule has 0 amide bonds. The fourth-order valence-corrected chi connectivity index (χ4v) is 3.27. The van der Waals surface area contributed by atoms with E-state index >= 15 is 0 Å². The summed E-state index contributed by atoms with van der Waals surface area (Å²) in [4.78, 5) is 5.84. The van der Waals surface area contributed by atoms with E-state index in [1.165, 1.54) is 4.88 Å². The van der Waals surface area contributed by atoms with Gasteiger partial charge in [0.25, 0.3) is 0 Å². The minimum atomic E-state index is -0.0141. The molecule has 3 N–H and O–H groups in total. The Morgan fingerprint density at radius 1 is 1.60 bits per heavy atom. The summed E-state index contributed by atoms with van der Waals surface area (Å²) in [6.45, 7) is 6.76. The fourth-order valence-electron chi connectivity index (χ4n) is 2.57. The number of hydrogen-bond donors (Lipinski definition) is 2. The minimum Gasteiger partial charge on any atom is -0.376 e. The lowest BCUT2D eigenvalue weighted by atomic mass is 9.88. The Balaban J connectivity index is 1.68. The van der Waals surface area contributed by atoms with Crippen LogP contribution in [0.2, 0.25) is 0 Å². The molecule has 0 aromatic carbocycles. The highest BCUT2D eigenvalue weighted by molar-refractivity contribution is 7.09. The molecule has 0 bridgehead atoms. The Kier molecular flexibility index (Phi) is 5.43. The molecular formula is C15H25N3OS. The van der Waals surface area contributed by atoms with Crippen molar-refractivity contribution in [3.63, 3.8) is 0 Å². The number of hydrogen-bond acceptors (Lipinski definition) is 3. The lowest BCUT2D eigenvalue weighted by Gasteiger charge is -2.34. The topological polar surface area (TPSA) is 59.6 Å². The normalized spacial score (nSPS) is 22.7. The van der Waals surface area contributed by atoms with Gasteiger partial charge < -0.3 is 15.8 Å². The van der Waals surface area contributed by atoms with Gasteiger partial charge in [-0.3, -0.25) is 4.99 Å². The van der Waals surface area contributed by atoms with Crippen LogP contribution in [0.3, 0.4) is 0 Å². The SMILES string of the molecule is CC1(C)CC(CN=C(N)NCCc2cccs2)CCO1. The highest BCUT2D eigenvalue weighted by Gasteiger charge is 2.28. The van der Waals surface area contributed by atoms with Gasteiger partial charge >= 0.3 is 0 Å². The van der Waals surface area contributed by atoms with Crippen molar-refractivity contribution in [2.75, 3.05) is 19.7 Å². The molecule has 1 aliphatic rings. The van der Waals surface area contributed by atoms with Gasteiger partial charge in [-0.1, -0.05) is 6.07 Å². The first-order valence-electron chi connectivity index (χ1n) is 7.25. The van der Waals surface area contributed by atoms with Crippen molar-refractivity contribution in [1.82, 2.24) is 5.32 Å². The van der Waals surface area contributed by atoms with Gasteiger partial charge in [-0.15, -0.1) is 11.3 Å².